The number of rotatable bonds is 4. The molecule has 0 spiro atoms. The molecule has 4 rings (SSSR count). The first-order valence-electron chi connectivity index (χ1n) is 9.32. The Hall–Kier alpha value is -2.92. The van der Waals surface area contributed by atoms with Crippen LogP contribution in [0.5, 0.6) is 0 Å². The molecule has 0 aliphatic rings. The summed E-state index contributed by atoms with van der Waals surface area (Å²) in [5.41, 5.74) is 7.19. The monoisotopic (exact) mass is 390 g/mol. The Kier molecular flexibility index (Phi) is 4.77. The van der Waals surface area contributed by atoms with Crippen LogP contribution in [0.1, 0.15) is 39.7 Å². The van der Waals surface area contributed by atoms with Gasteiger partial charge in [0, 0.05) is 21.9 Å². The topological polar surface area (TPSA) is 55.1 Å². The van der Waals surface area contributed by atoms with Crippen molar-refractivity contribution in [1.29, 1.82) is 0 Å². The Labute approximate surface area is 168 Å². The van der Waals surface area contributed by atoms with Crippen LogP contribution >= 0.6 is 11.3 Å². The fraction of sp³-hybridized carbons (Fsp3) is 0.217. The minimum atomic E-state index is -0.271. The largest absolute Gasteiger partial charge is 0.451 e. The third-order valence-electron chi connectivity index (χ3n) is 5.14. The highest BCUT2D eigenvalue weighted by Crippen LogP contribution is 2.29. The Bertz CT molecular complexity index is 1190. The number of hydrogen-bond acceptors (Lipinski definition) is 4. The van der Waals surface area contributed by atoms with Crippen LogP contribution in [0.25, 0.3) is 22.2 Å². The number of anilines is 1. The van der Waals surface area contributed by atoms with E-state index >= 15 is 0 Å². The van der Waals surface area contributed by atoms with E-state index in [4.69, 9.17) is 4.42 Å². The molecule has 0 atom stereocenters. The highest BCUT2D eigenvalue weighted by molar-refractivity contribution is 7.14. The number of aryl methyl sites for hydroxylation is 4. The maximum absolute atomic E-state index is 12.8. The van der Waals surface area contributed by atoms with Crippen molar-refractivity contribution in [3.63, 3.8) is 0 Å². The molecule has 0 bridgehead atoms. The SMILES string of the molecule is CCc1ccc2oc(C(=O)Nc3nc(-c4ccc(C)c(C)c4)cs3)c(C)c2c1. The predicted molar refractivity (Wildman–Crippen MR) is 115 cm³/mol. The second kappa shape index (κ2) is 7.24. The lowest BCUT2D eigenvalue weighted by Gasteiger charge is -2.02. The second-order valence-corrected chi connectivity index (χ2v) is 7.89. The van der Waals surface area contributed by atoms with Crippen LogP contribution in [0, 0.1) is 20.8 Å². The third-order valence-corrected chi connectivity index (χ3v) is 5.90. The molecule has 0 saturated carbocycles. The predicted octanol–water partition coefficient (Wildman–Crippen LogP) is 6.30. The number of hydrogen-bond donors (Lipinski definition) is 1. The average molecular weight is 391 g/mol. The van der Waals surface area contributed by atoms with Gasteiger partial charge >= 0.3 is 0 Å². The summed E-state index contributed by atoms with van der Waals surface area (Å²) in [5.74, 6) is 0.0684. The van der Waals surface area contributed by atoms with Crippen LogP contribution in [0.15, 0.2) is 46.2 Å². The lowest BCUT2D eigenvalue weighted by atomic mass is 10.1. The van der Waals surface area contributed by atoms with Gasteiger partial charge in [0.05, 0.1) is 5.69 Å². The fourth-order valence-electron chi connectivity index (χ4n) is 3.22. The van der Waals surface area contributed by atoms with Crippen molar-refractivity contribution >= 4 is 33.3 Å². The molecular weight excluding hydrogens is 368 g/mol. The molecule has 5 heteroatoms. The summed E-state index contributed by atoms with van der Waals surface area (Å²) >= 11 is 1.41. The van der Waals surface area contributed by atoms with E-state index in [1.165, 1.54) is 28.0 Å². The molecule has 0 radical (unpaired) electrons. The number of thiazole rings is 1. The van der Waals surface area contributed by atoms with Gasteiger partial charge in [0.1, 0.15) is 5.58 Å². The minimum absolute atomic E-state index is 0.271. The molecule has 0 unspecified atom stereocenters. The van der Waals surface area contributed by atoms with E-state index in [-0.39, 0.29) is 5.91 Å². The molecule has 0 saturated heterocycles. The summed E-state index contributed by atoms with van der Waals surface area (Å²) in [5, 5.41) is 6.38. The number of carbonyl (C=O) groups is 1. The zero-order chi connectivity index (χ0) is 19.8. The first kappa shape index (κ1) is 18.4. The van der Waals surface area contributed by atoms with E-state index in [0.717, 1.165) is 34.2 Å². The second-order valence-electron chi connectivity index (χ2n) is 7.03. The number of nitrogens with zero attached hydrogens (tertiary/aromatic N) is 1. The van der Waals surface area contributed by atoms with Gasteiger partial charge in [0.2, 0.25) is 0 Å². The standard InChI is InChI=1S/C23H22N2O2S/c1-5-16-7-9-20-18(11-16)15(4)21(27-20)22(26)25-23-24-19(12-28-23)17-8-6-13(2)14(3)10-17/h6-12H,5H2,1-4H3,(H,24,25,26). The quantitative estimate of drug-likeness (QED) is 0.445. The number of fused-ring (bicyclic) bond motifs is 1. The molecule has 4 aromatic rings. The summed E-state index contributed by atoms with van der Waals surface area (Å²) in [7, 11) is 0. The van der Waals surface area contributed by atoms with Gasteiger partial charge in [-0.1, -0.05) is 25.1 Å². The van der Waals surface area contributed by atoms with Crippen molar-refractivity contribution in [3.05, 3.63) is 69.8 Å². The van der Waals surface area contributed by atoms with Gasteiger partial charge in [-0.2, -0.15) is 0 Å². The molecular formula is C23H22N2O2S. The molecule has 28 heavy (non-hydrogen) atoms. The molecule has 1 N–H and O–H groups in total. The zero-order valence-corrected chi connectivity index (χ0v) is 17.2. The van der Waals surface area contributed by atoms with Crippen molar-refractivity contribution in [3.8, 4) is 11.3 Å². The molecule has 0 aliphatic carbocycles. The van der Waals surface area contributed by atoms with Crippen LogP contribution in [0.2, 0.25) is 0 Å². The van der Waals surface area contributed by atoms with E-state index in [9.17, 15) is 4.79 Å². The molecule has 0 fully saturated rings. The van der Waals surface area contributed by atoms with Gasteiger partial charge in [-0.3, -0.25) is 10.1 Å². The Morgan fingerprint density at radius 1 is 1.11 bits per heavy atom. The van der Waals surface area contributed by atoms with E-state index in [1.807, 2.05) is 24.4 Å². The smallest absolute Gasteiger partial charge is 0.293 e. The van der Waals surface area contributed by atoms with Crippen molar-refractivity contribution in [2.75, 3.05) is 5.32 Å². The number of nitrogens with one attached hydrogen (secondary N) is 1. The molecule has 2 heterocycles. The number of amides is 1. The molecule has 2 aromatic heterocycles. The summed E-state index contributed by atoms with van der Waals surface area (Å²) in [6.45, 7) is 8.20. The van der Waals surface area contributed by atoms with Gasteiger partial charge in [-0.15, -0.1) is 11.3 Å². The van der Waals surface area contributed by atoms with Crippen molar-refractivity contribution in [2.45, 2.75) is 34.1 Å². The van der Waals surface area contributed by atoms with E-state index in [0.29, 0.717) is 10.9 Å². The summed E-state index contributed by atoms with van der Waals surface area (Å²) < 4.78 is 5.82. The summed E-state index contributed by atoms with van der Waals surface area (Å²) in [6.07, 6.45) is 0.947. The molecule has 1 amide bonds. The Morgan fingerprint density at radius 2 is 1.93 bits per heavy atom. The normalized spacial score (nSPS) is 11.1. The van der Waals surface area contributed by atoms with Gasteiger partial charge < -0.3 is 4.42 Å². The molecule has 142 valence electrons. The molecule has 0 aliphatic heterocycles. The maximum atomic E-state index is 12.8. The lowest BCUT2D eigenvalue weighted by Crippen LogP contribution is -2.11. The third kappa shape index (κ3) is 3.34. The van der Waals surface area contributed by atoms with Crippen molar-refractivity contribution < 1.29 is 9.21 Å². The number of furan rings is 1. The fourth-order valence-corrected chi connectivity index (χ4v) is 3.94. The highest BCUT2D eigenvalue weighted by atomic mass is 32.1. The summed E-state index contributed by atoms with van der Waals surface area (Å²) in [6, 6.07) is 12.3. The van der Waals surface area contributed by atoms with Crippen LogP contribution in [0.3, 0.4) is 0 Å². The van der Waals surface area contributed by atoms with Gasteiger partial charge in [0.25, 0.3) is 5.91 Å². The minimum Gasteiger partial charge on any atom is -0.451 e. The highest BCUT2D eigenvalue weighted by Gasteiger charge is 2.19. The molecule has 4 nitrogen and oxygen atoms in total. The summed E-state index contributed by atoms with van der Waals surface area (Å²) in [4.78, 5) is 17.3. The van der Waals surface area contributed by atoms with E-state index in [2.05, 4.69) is 55.3 Å². The van der Waals surface area contributed by atoms with Crippen LogP contribution < -0.4 is 5.32 Å². The van der Waals surface area contributed by atoms with Gasteiger partial charge in [-0.05, 0) is 62.1 Å². The molecule has 2 aromatic carbocycles. The first-order valence-corrected chi connectivity index (χ1v) is 10.2. The van der Waals surface area contributed by atoms with Crippen LogP contribution in [-0.4, -0.2) is 10.9 Å². The Morgan fingerprint density at radius 3 is 2.68 bits per heavy atom. The van der Waals surface area contributed by atoms with Gasteiger partial charge in [-0.25, -0.2) is 4.98 Å². The average Bonchev–Trinajstić information content (AvgIpc) is 3.28. The van der Waals surface area contributed by atoms with Crippen molar-refractivity contribution in [1.82, 2.24) is 4.98 Å². The maximum Gasteiger partial charge on any atom is 0.293 e. The van der Waals surface area contributed by atoms with Crippen molar-refractivity contribution in [2.24, 2.45) is 0 Å². The van der Waals surface area contributed by atoms with E-state index in [1.54, 1.807) is 0 Å². The van der Waals surface area contributed by atoms with Crippen LogP contribution in [-0.2, 0) is 6.42 Å². The first-order chi connectivity index (χ1) is 13.5. The lowest BCUT2D eigenvalue weighted by molar-refractivity contribution is 0.0998. The number of benzene rings is 2. The zero-order valence-electron chi connectivity index (χ0n) is 16.4. The van der Waals surface area contributed by atoms with E-state index < -0.39 is 0 Å². The van der Waals surface area contributed by atoms with Gasteiger partial charge in [0.15, 0.2) is 10.9 Å². The Balaban J connectivity index is 1.59. The van der Waals surface area contributed by atoms with Crippen LogP contribution in [0.4, 0.5) is 5.13 Å². The number of aromatic nitrogens is 1. The number of carbonyl (C=O) groups excluding carboxylic acids is 1.